The average Bonchev–Trinajstić information content (AvgIpc) is 2.28. The molecule has 0 atom stereocenters. The van der Waals surface area contributed by atoms with Gasteiger partial charge in [-0.3, -0.25) is 9.69 Å². The molecule has 1 fully saturated rings. The van der Waals surface area contributed by atoms with Crippen LogP contribution in [0.5, 0.6) is 0 Å². The highest BCUT2D eigenvalue weighted by molar-refractivity contribution is 5.69. The first kappa shape index (κ1) is 15.5. The van der Waals surface area contributed by atoms with Crippen molar-refractivity contribution in [2.24, 2.45) is 0 Å². The third-order valence-electron chi connectivity index (χ3n) is 4.08. The van der Waals surface area contributed by atoms with E-state index in [-0.39, 0.29) is 6.54 Å². The SMILES string of the molecule is CN(CC(=O)O)C1CCCCCCCCCCC1. The van der Waals surface area contributed by atoms with E-state index in [2.05, 4.69) is 0 Å². The van der Waals surface area contributed by atoms with Gasteiger partial charge in [-0.05, 0) is 19.9 Å². The number of nitrogens with zero attached hydrogens (tertiary/aromatic N) is 1. The van der Waals surface area contributed by atoms with E-state index >= 15 is 0 Å². The summed E-state index contributed by atoms with van der Waals surface area (Å²) in [5.41, 5.74) is 0. The average molecular weight is 255 g/mol. The third kappa shape index (κ3) is 7.00. The number of carbonyl (C=O) groups is 1. The zero-order valence-electron chi connectivity index (χ0n) is 11.9. The van der Waals surface area contributed by atoms with Crippen LogP contribution in [0.1, 0.15) is 70.6 Å². The summed E-state index contributed by atoms with van der Waals surface area (Å²) in [4.78, 5) is 12.8. The summed E-state index contributed by atoms with van der Waals surface area (Å²) >= 11 is 0. The van der Waals surface area contributed by atoms with Crippen molar-refractivity contribution in [3.63, 3.8) is 0 Å². The Morgan fingerprint density at radius 3 is 1.72 bits per heavy atom. The van der Waals surface area contributed by atoms with Crippen molar-refractivity contribution in [1.29, 1.82) is 0 Å². The zero-order valence-corrected chi connectivity index (χ0v) is 11.9. The predicted octanol–water partition coefficient (Wildman–Crippen LogP) is 3.68. The zero-order chi connectivity index (χ0) is 13.2. The van der Waals surface area contributed by atoms with Gasteiger partial charge in [-0.2, -0.15) is 0 Å². The maximum atomic E-state index is 10.8. The smallest absolute Gasteiger partial charge is 0.317 e. The van der Waals surface area contributed by atoms with Crippen LogP contribution in [-0.4, -0.2) is 35.6 Å². The lowest BCUT2D eigenvalue weighted by molar-refractivity contribution is -0.138. The van der Waals surface area contributed by atoms with Gasteiger partial charge in [0.15, 0.2) is 0 Å². The highest BCUT2D eigenvalue weighted by atomic mass is 16.4. The minimum atomic E-state index is -0.705. The second-order valence-electron chi connectivity index (χ2n) is 5.72. The molecule has 1 aliphatic carbocycles. The number of rotatable bonds is 3. The van der Waals surface area contributed by atoms with E-state index in [0.717, 1.165) is 0 Å². The Bertz CT molecular complexity index is 219. The fourth-order valence-corrected chi connectivity index (χ4v) is 2.92. The van der Waals surface area contributed by atoms with Crippen LogP contribution >= 0.6 is 0 Å². The minimum absolute atomic E-state index is 0.185. The lowest BCUT2D eigenvalue weighted by Gasteiger charge is -2.27. The molecule has 0 heterocycles. The summed E-state index contributed by atoms with van der Waals surface area (Å²) < 4.78 is 0. The van der Waals surface area contributed by atoms with Gasteiger partial charge in [-0.1, -0.05) is 57.8 Å². The van der Waals surface area contributed by atoms with Gasteiger partial charge >= 0.3 is 5.97 Å². The van der Waals surface area contributed by atoms with E-state index in [9.17, 15) is 4.79 Å². The van der Waals surface area contributed by atoms with E-state index in [1.807, 2.05) is 11.9 Å². The molecule has 0 bridgehead atoms. The summed E-state index contributed by atoms with van der Waals surface area (Å²) in [6.45, 7) is 0.185. The van der Waals surface area contributed by atoms with Crippen molar-refractivity contribution < 1.29 is 9.90 Å². The molecule has 0 radical (unpaired) electrons. The first-order valence-corrected chi connectivity index (χ1v) is 7.62. The first-order valence-electron chi connectivity index (χ1n) is 7.62. The van der Waals surface area contributed by atoms with Crippen LogP contribution in [0.25, 0.3) is 0 Å². The van der Waals surface area contributed by atoms with E-state index in [0.29, 0.717) is 6.04 Å². The molecule has 3 heteroatoms. The minimum Gasteiger partial charge on any atom is -0.480 e. The molecule has 0 unspecified atom stereocenters. The summed E-state index contributed by atoms with van der Waals surface area (Å²) in [7, 11) is 1.96. The van der Waals surface area contributed by atoms with Crippen molar-refractivity contribution in [3.05, 3.63) is 0 Å². The molecule has 0 spiro atoms. The van der Waals surface area contributed by atoms with Gasteiger partial charge in [-0.25, -0.2) is 0 Å². The molecule has 1 N–H and O–H groups in total. The number of carboxylic acids is 1. The van der Waals surface area contributed by atoms with Crippen molar-refractivity contribution >= 4 is 5.97 Å². The lowest BCUT2D eigenvalue weighted by atomic mass is 9.97. The van der Waals surface area contributed by atoms with Crippen LogP contribution < -0.4 is 0 Å². The molecule has 3 nitrogen and oxygen atoms in total. The molecule has 0 amide bonds. The van der Waals surface area contributed by atoms with Crippen LogP contribution in [0.15, 0.2) is 0 Å². The number of aliphatic carboxylic acids is 1. The highest BCUT2D eigenvalue weighted by Crippen LogP contribution is 2.19. The number of hydrogen-bond acceptors (Lipinski definition) is 2. The van der Waals surface area contributed by atoms with E-state index in [4.69, 9.17) is 5.11 Å². The van der Waals surface area contributed by atoms with E-state index in [1.165, 1.54) is 70.6 Å². The molecule has 0 saturated heterocycles. The number of carboxylic acid groups (broad SMARTS) is 1. The summed E-state index contributed by atoms with van der Waals surface area (Å²) in [6.07, 6.45) is 14.4. The highest BCUT2D eigenvalue weighted by Gasteiger charge is 2.16. The Morgan fingerprint density at radius 2 is 1.33 bits per heavy atom. The Hall–Kier alpha value is -0.570. The van der Waals surface area contributed by atoms with Gasteiger partial charge in [0, 0.05) is 6.04 Å². The van der Waals surface area contributed by atoms with Crippen LogP contribution in [0.3, 0.4) is 0 Å². The van der Waals surface area contributed by atoms with Crippen molar-refractivity contribution in [1.82, 2.24) is 4.90 Å². The summed E-state index contributed by atoms with van der Waals surface area (Å²) in [5, 5.41) is 8.88. The molecular weight excluding hydrogens is 226 g/mol. The van der Waals surface area contributed by atoms with Gasteiger partial charge < -0.3 is 5.11 Å². The monoisotopic (exact) mass is 255 g/mol. The Kier molecular flexibility index (Phi) is 8.06. The standard InChI is InChI=1S/C15H29NO2/c1-16(13-15(17)18)14-11-9-7-5-3-2-4-6-8-10-12-14/h14H,2-13H2,1H3,(H,17,18). The van der Waals surface area contributed by atoms with E-state index < -0.39 is 5.97 Å². The maximum Gasteiger partial charge on any atom is 0.317 e. The quantitative estimate of drug-likeness (QED) is 0.836. The van der Waals surface area contributed by atoms with E-state index in [1.54, 1.807) is 0 Å². The summed E-state index contributed by atoms with van der Waals surface area (Å²) in [6, 6.07) is 0.473. The largest absolute Gasteiger partial charge is 0.480 e. The normalized spacial score (nSPS) is 21.2. The van der Waals surface area contributed by atoms with Crippen molar-refractivity contribution in [3.8, 4) is 0 Å². The Labute approximate surface area is 112 Å². The fraction of sp³-hybridized carbons (Fsp3) is 0.933. The second-order valence-corrected chi connectivity index (χ2v) is 5.72. The fourth-order valence-electron chi connectivity index (χ4n) is 2.92. The number of likely N-dealkylation sites (N-methyl/N-ethyl adjacent to an activating group) is 1. The third-order valence-corrected chi connectivity index (χ3v) is 4.08. The second kappa shape index (κ2) is 9.37. The molecule has 0 aromatic carbocycles. The van der Waals surface area contributed by atoms with Gasteiger partial charge in [-0.15, -0.1) is 0 Å². The Morgan fingerprint density at radius 1 is 0.944 bits per heavy atom. The van der Waals surface area contributed by atoms with Crippen molar-refractivity contribution in [2.45, 2.75) is 76.7 Å². The summed E-state index contributed by atoms with van der Waals surface area (Å²) in [5.74, 6) is -0.705. The van der Waals surface area contributed by atoms with Crippen LogP contribution in [0.4, 0.5) is 0 Å². The predicted molar refractivity (Wildman–Crippen MR) is 74.8 cm³/mol. The van der Waals surface area contributed by atoms with Crippen LogP contribution in [0.2, 0.25) is 0 Å². The van der Waals surface area contributed by atoms with Gasteiger partial charge in [0.25, 0.3) is 0 Å². The molecular formula is C15H29NO2. The molecule has 1 aliphatic rings. The van der Waals surface area contributed by atoms with Crippen LogP contribution in [0, 0.1) is 0 Å². The Balaban J connectivity index is 2.37. The van der Waals surface area contributed by atoms with Gasteiger partial charge in [0.1, 0.15) is 0 Å². The topological polar surface area (TPSA) is 40.5 Å². The molecule has 1 rings (SSSR count). The van der Waals surface area contributed by atoms with Gasteiger partial charge in [0.2, 0.25) is 0 Å². The molecule has 18 heavy (non-hydrogen) atoms. The number of hydrogen-bond donors (Lipinski definition) is 1. The maximum absolute atomic E-state index is 10.8. The molecule has 0 aromatic rings. The van der Waals surface area contributed by atoms with Crippen LogP contribution in [-0.2, 0) is 4.79 Å². The molecule has 1 saturated carbocycles. The molecule has 0 aliphatic heterocycles. The van der Waals surface area contributed by atoms with Gasteiger partial charge in [0.05, 0.1) is 6.54 Å². The molecule has 106 valence electrons. The first-order chi connectivity index (χ1) is 8.70. The van der Waals surface area contributed by atoms with Crippen molar-refractivity contribution in [2.75, 3.05) is 13.6 Å². The molecule has 0 aromatic heterocycles. The lowest BCUT2D eigenvalue weighted by Crippen LogP contribution is -2.35.